The zero-order valence-electron chi connectivity index (χ0n) is 17.4. The van der Waals surface area contributed by atoms with Gasteiger partial charge in [0.15, 0.2) is 0 Å². The Labute approximate surface area is 181 Å². The van der Waals surface area contributed by atoms with Crippen molar-refractivity contribution in [2.45, 2.75) is 19.4 Å². The molecule has 0 spiro atoms. The van der Waals surface area contributed by atoms with E-state index in [-0.39, 0.29) is 25.3 Å². The van der Waals surface area contributed by atoms with Crippen molar-refractivity contribution < 1.29 is 22.3 Å². The molecule has 8 heteroatoms. The molecule has 1 amide bonds. The van der Waals surface area contributed by atoms with Crippen LogP contribution in [0.1, 0.15) is 13.3 Å². The summed E-state index contributed by atoms with van der Waals surface area (Å²) in [5.74, 6) is -0.220. The van der Waals surface area contributed by atoms with Crippen LogP contribution in [-0.4, -0.2) is 39.8 Å². The number of rotatable bonds is 9. The van der Waals surface area contributed by atoms with Gasteiger partial charge in [0.25, 0.3) is 0 Å². The standard InChI is InChI=1S/C23H25FN2O4S/c1-3-21(26(31(2,28)29)19-13-11-18(24)12-14-19)23(27)25-15-16-30-22-10-6-8-17-7-4-5-9-20(17)22/h4-14,21H,3,15-16H2,1-2H3,(H,25,27)/t21-/m0/s1. The molecule has 0 fully saturated rings. The lowest BCUT2D eigenvalue weighted by molar-refractivity contribution is -0.122. The highest BCUT2D eigenvalue weighted by molar-refractivity contribution is 7.92. The van der Waals surface area contributed by atoms with Crippen molar-refractivity contribution in [2.75, 3.05) is 23.7 Å². The molecule has 1 N–H and O–H groups in total. The molecule has 3 rings (SSSR count). The minimum absolute atomic E-state index is 0.208. The highest BCUT2D eigenvalue weighted by Gasteiger charge is 2.31. The van der Waals surface area contributed by atoms with Gasteiger partial charge in [-0.15, -0.1) is 0 Å². The van der Waals surface area contributed by atoms with Crippen LogP contribution in [0.15, 0.2) is 66.7 Å². The largest absolute Gasteiger partial charge is 0.491 e. The average Bonchev–Trinajstić information content (AvgIpc) is 2.75. The lowest BCUT2D eigenvalue weighted by atomic mass is 10.1. The molecule has 0 aliphatic heterocycles. The van der Waals surface area contributed by atoms with Gasteiger partial charge < -0.3 is 10.1 Å². The minimum Gasteiger partial charge on any atom is -0.491 e. The Balaban J connectivity index is 1.66. The minimum atomic E-state index is -3.77. The number of hydrogen-bond donors (Lipinski definition) is 1. The Morgan fingerprint density at radius 2 is 1.74 bits per heavy atom. The number of fused-ring (bicyclic) bond motifs is 1. The maximum absolute atomic E-state index is 13.3. The Kier molecular flexibility index (Phi) is 7.12. The van der Waals surface area contributed by atoms with E-state index in [1.807, 2.05) is 42.5 Å². The van der Waals surface area contributed by atoms with E-state index in [9.17, 15) is 17.6 Å². The van der Waals surface area contributed by atoms with E-state index in [2.05, 4.69) is 5.32 Å². The van der Waals surface area contributed by atoms with Crippen LogP contribution >= 0.6 is 0 Å². The molecule has 0 unspecified atom stereocenters. The van der Waals surface area contributed by atoms with Crippen molar-refractivity contribution >= 4 is 32.4 Å². The van der Waals surface area contributed by atoms with Crippen molar-refractivity contribution in [2.24, 2.45) is 0 Å². The first kappa shape index (κ1) is 22.6. The normalized spacial score (nSPS) is 12.4. The number of sulfonamides is 1. The first-order valence-electron chi connectivity index (χ1n) is 9.94. The quantitative estimate of drug-likeness (QED) is 0.511. The number of nitrogens with one attached hydrogen (secondary N) is 1. The Morgan fingerprint density at radius 3 is 2.42 bits per heavy atom. The molecule has 0 radical (unpaired) electrons. The van der Waals surface area contributed by atoms with Gasteiger partial charge in [0.2, 0.25) is 15.9 Å². The molecule has 164 valence electrons. The lowest BCUT2D eigenvalue weighted by Gasteiger charge is -2.30. The second-order valence-electron chi connectivity index (χ2n) is 7.08. The fourth-order valence-electron chi connectivity index (χ4n) is 3.42. The molecular formula is C23H25FN2O4S. The summed E-state index contributed by atoms with van der Waals surface area (Å²) in [6.07, 6.45) is 1.27. The van der Waals surface area contributed by atoms with Crippen molar-refractivity contribution in [3.63, 3.8) is 0 Å². The number of hydrogen-bond acceptors (Lipinski definition) is 4. The van der Waals surface area contributed by atoms with Crippen LogP contribution in [0.4, 0.5) is 10.1 Å². The Hall–Kier alpha value is -3.13. The van der Waals surface area contributed by atoms with Crippen LogP contribution in [0, 0.1) is 5.82 Å². The van der Waals surface area contributed by atoms with E-state index in [1.165, 1.54) is 12.1 Å². The molecule has 3 aromatic rings. The summed E-state index contributed by atoms with van der Waals surface area (Å²) in [6, 6.07) is 17.6. The molecular weight excluding hydrogens is 419 g/mol. The number of nitrogens with zero attached hydrogens (tertiary/aromatic N) is 1. The maximum Gasteiger partial charge on any atom is 0.244 e. The third-order valence-corrected chi connectivity index (χ3v) is 6.00. The molecule has 0 aromatic heterocycles. The van der Waals surface area contributed by atoms with Crippen molar-refractivity contribution in [1.29, 1.82) is 0 Å². The molecule has 0 saturated carbocycles. The summed E-state index contributed by atoms with van der Waals surface area (Å²) in [6.45, 7) is 2.16. The van der Waals surface area contributed by atoms with E-state index in [0.29, 0.717) is 5.75 Å². The van der Waals surface area contributed by atoms with Crippen LogP contribution < -0.4 is 14.4 Å². The zero-order chi connectivity index (χ0) is 22.4. The fraction of sp³-hybridized carbons (Fsp3) is 0.261. The van der Waals surface area contributed by atoms with Gasteiger partial charge in [0, 0.05) is 5.39 Å². The number of amides is 1. The molecule has 0 aliphatic carbocycles. The van der Waals surface area contributed by atoms with Crippen molar-refractivity contribution in [3.05, 3.63) is 72.5 Å². The number of carbonyl (C=O) groups excluding carboxylic acids is 1. The van der Waals surface area contributed by atoms with Gasteiger partial charge in [-0.3, -0.25) is 9.10 Å². The lowest BCUT2D eigenvalue weighted by Crippen LogP contribution is -2.50. The van der Waals surface area contributed by atoms with Gasteiger partial charge in [-0.05, 0) is 42.1 Å². The highest BCUT2D eigenvalue weighted by atomic mass is 32.2. The van der Waals surface area contributed by atoms with Gasteiger partial charge in [-0.25, -0.2) is 12.8 Å². The molecule has 31 heavy (non-hydrogen) atoms. The third kappa shape index (κ3) is 5.52. The fourth-order valence-corrected chi connectivity index (χ4v) is 4.63. The third-order valence-electron chi connectivity index (χ3n) is 4.82. The van der Waals surface area contributed by atoms with Gasteiger partial charge in [0.1, 0.15) is 24.2 Å². The van der Waals surface area contributed by atoms with Crippen molar-refractivity contribution in [3.8, 4) is 5.75 Å². The molecule has 0 bridgehead atoms. The summed E-state index contributed by atoms with van der Waals surface area (Å²) in [4.78, 5) is 12.8. The molecule has 6 nitrogen and oxygen atoms in total. The van der Waals surface area contributed by atoms with E-state index in [0.717, 1.165) is 33.5 Å². The predicted molar refractivity (Wildman–Crippen MR) is 120 cm³/mol. The Morgan fingerprint density at radius 1 is 1.06 bits per heavy atom. The first-order valence-corrected chi connectivity index (χ1v) is 11.8. The summed E-state index contributed by atoms with van der Waals surface area (Å²) in [7, 11) is -3.77. The van der Waals surface area contributed by atoms with Crippen LogP contribution in [0.5, 0.6) is 5.75 Å². The monoisotopic (exact) mass is 444 g/mol. The van der Waals surface area contributed by atoms with Gasteiger partial charge >= 0.3 is 0 Å². The first-order chi connectivity index (χ1) is 14.8. The highest BCUT2D eigenvalue weighted by Crippen LogP contribution is 2.25. The molecule has 0 heterocycles. The van der Waals surface area contributed by atoms with Gasteiger partial charge in [-0.1, -0.05) is 43.3 Å². The van der Waals surface area contributed by atoms with Gasteiger partial charge in [-0.2, -0.15) is 0 Å². The summed E-state index contributed by atoms with van der Waals surface area (Å²) in [5, 5.41) is 4.77. The number of carbonyl (C=O) groups is 1. The van der Waals surface area contributed by atoms with E-state index in [1.54, 1.807) is 6.92 Å². The maximum atomic E-state index is 13.3. The topological polar surface area (TPSA) is 75.7 Å². The second kappa shape index (κ2) is 9.78. The number of benzene rings is 3. The van der Waals surface area contributed by atoms with Crippen LogP contribution in [0.2, 0.25) is 0 Å². The van der Waals surface area contributed by atoms with Gasteiger partial charge in [0.05, 0.1) is 18.5 Å². The molecule has 3 aromatic carbocycles. The molecule has 0 saturated heterocycles. The average molecular weight is 445 g/mol. The number of halogens is 1. The van der Waals surface area contributed by atoms with Crippen LogP contribution in [-0.2, 0) is 14.8 Å². The molecule has 1 atom stereocenters. The van der Waals surface area contributed by atoms with E-state index >= 15 is 0 Å². The predicted octanol–water partition coefficient (Wildman–Crippen LogP) is 3.72. The smallest absolute Gasteiger partial charge is 0.244 e. The second-order valence-corrected chi connectivity index (χ2v) is 8.94. The van der Waals surface area contributed by atoms with Crippen molar-refractivity contribution in [1.82, 2.24) is 5.32 Å². The summed E-state index contributed by atoms with van der Waals surface area (Å²) >= 11 is 0. The SMILES string of the molecule is CC[C@@H](C(=O)NCCOc1cccc2ccccc12)N(c1ccc(F)cc1)S(C)(=O)=O. The van der Waals surface area contributed by atoms with Crippen LogP contribution in [0.3, 0.4) is 0 Å². The number of ether oxygens (including phenoxy) is 1. The summed E-state index contributed by atoms with van der Waals surface area (Å²) in [5.41, 5.74) is 0.234. The molecule has 0 aliphatic rings. The van der Waals surface area contributed by atoms with Crippen LogP contribution in [0.25, 0.3) is 10.8 Å². The van der Waals surface area contributed by atoms with E-state index < -0.39 is 27.8 Å². The Bertz CT molecular complexity index is 1140. The van der Waals surface area contributed by atoms with E-state index in [4.69, 9.17) is 4.74 Å². The number of anilines is 1. The zero-order valence-corrected chi connectivity index (χ0v) is 18.2. The summed E-state index contributed by atoms with van der Waals surface area (Å²) < 4.78 is 44.9.